The standard InChI is InChI=1S/C13H14N4O4/c1-21-11-5-3-2-4-9(11)6-14-12(18)8-17-7-10(13(19)20)15-16-17/h2-5,7H,6,8H2,1H3,(H,14,18)(H,19,20). The lowest BCUT2D eigenvalue weighted by atomic mass is 10.2. The van der Waals surface area contributed by atoms with Crippen molar-refractivity contribution in [2.75, 3.05) is 7.11 Å². The van der Waals surface area contributed by atoms with Crippen LogP contribution >= 0.6 is 0 Å². The number of benzene rings is 1. The van der Waals surface area contributed by atoms with Crippen LogP contribution in [-0.4, -0.2) is 39.1 Å². The molecule has 1 heterocycles. The lowest BCUT2D eigenvalue weighted by molar-refractivity contribution is -0.122. The molecular weight excluding hydrogens is 276 g/mol. The number of hydrogen-bond acceptors (Lipinski definition) is 5. The van der Waals surface area contributed by atoms with Gasteiger partial charge in [-0.1, -0.05) is 23.4 Å². The van der Waals surface area contributed by atoms with Crippen molar-refractivity contribution < 1.29 is 19.4 Å². The number of carboxylic acid groups (broad SMARTS) is 1. The first kappa shape index (κ1) is 14.5. The smallest absolute Gasteiger partial charge is 0.358 e. The molecule has 8 nitrogen and oxygen atoms in total. The van der Waals surface area contributed by atoms with Crippen molar-refractivity contribution in [1.29, 1.82) is 0 Å². The Kier molecular flexibility index (Phi) is 4.50. The Labute approximate surface area is 120 Å². The van der Waals surface area contributed by atoms with Crippen molar-refractivity contribution in [3.05, 3.63) is 41.7 Å². The number of methoxy groups -OCH3 is 1. The van der Waals surface area contributed by atoms with Crippen LogP contribution < -0.4 is 10.1 Å². The number of carbonyl (C=O) groups excluding carboxylic acids is 1. The molecule has 0 radical (unpaired) electrons. The number of nitrogens with one attached hydrogen (secondary N) is 1. The summed E-state index contributed by atoms with van der Waals surface area (Å²) in [6.07, 6.45) is 1.20. The van der Waals surface area contributed by atoms with Crippen LogP contribution in [0.1, 0.15) is 16.1 Å². The molecule has 2 rings (SSSR count). The van der Waals surface area contributed by atoms with Gasteiger partial charge in [-0.2, -0.15) is 0 Å². The van der Waals surface area contributed by atoms with Crippen LogP contribution in [0.4, 0.5) is 0 Å². The lowest BCUT2D eigenvalue weighted by Gasteiger charge is -2.09. The summed E-state index contributed by atoms with van der Waals surface area (Å²) in [6.45, 7) is 0.207. The molecular formula is C13H14N4O4. The molecule has 0 saturated carbocycles. The summed E-state index contributed by atoms with van der Waals surface area (Å²) in [6, 6.07) is 7.34. The third-order valence-corrected chi connectivity index (χ3v) is 2.73. The average molecular weight is 290 g/mol. The van der Waals surface area contributed by atoms with Gasteiger partial charge in [-0.05, 0) is 6.07 Å². The van der Waals surface area contributed by atoms with Gasteiger partial charge in [0.2, 0.25) is 5.91 Å². The van der Waals surface area contributed by atoms with E-state index in [2.05, 4.69) is 15.6 Å². The number of aromatic nitrogens is 3. The Morgan fingerprint density at radius 3 is 2.81 bits per heavy atom. The summed E-state index contributed by atoms with van der Waals surface area (Å²) in [7, 11) is 1.56. The molecule has 0 spiro atoms. The highest BCUT2D eigenvalue weighted by Crippen LogP contribution is 2.16. The maximum atomic E-state index is 11.8. The van der Waals surface area contributed by atoms with E-state index in [-0.39, 0.29) is 18.1 Å². The Hall–Kier alpha value is -2.90. The molecule has 0 aliphatic rings. The molecule has 1 aromatic carbocycles. The Morgan fingerprint density at radius 1 is 1.38 bits per heavy atom. The summed E-state index contributed by atoms with van der Waals surface area (Å²) in [4.78, 5) is 22.4. The zero-order valence-electron chi connectivity index (χ0n) is 11.3. The number of carboxylic acids is 1. The number of rotatable bonds is 6. The molecule has 1 aromatic heterocycles. The fraction of sp³-hybridized carbons (Fsp3) is 0.231. The van der Waals surface area contributed by atoms with Gasteiger partial charge in [-0.15, -0.1) is 5.10 Å². The second-order valence-corrected chi connectivity index (χ2v) is 4.20. The molecule has 0 atom stereocenters. The fourth-order valence-electron chi connectivity index (χ4n) is 1.72. The second-order valence-electron chi connectivity index (χ2n) is 4.20. The van der Waals surface area contributed by atoms with Crippen LogP contribution in [0, 0.1) is 0 Å². The van der Waals surface area contributed by atoms with Gasteiger partial charge in [0.25, 0.3) is 0 Å². The van der Waals surface area contributed by atoms with Crippen molar-refractivity contribution in [1.82, 2.24) is 20.3 Å². The number of hydrogen-bond donors (Lipinski definition) is 2. The minimum absolute atomic E-state index is 0.102. The van der Waals surface area contributed by atoms with Crippen molar-refractivity contribution in [3.8, 4) is 5.75 Å². The normalized spacial score (nSPS) is 10.1. The van der Waals surface area contributed by atoms with Crippen LogP contribution in [0.15, 0.2) is 30.5 Å². The quantitative estimate of drug-likeness (QED) is 0.792. The van der Waals surface area contributed by atoms with E-state index in [1.807, 2.05) is 18.2 Å². The van der Waals surface area contributed by atoms with Crippen molar-refractivity contribution in [2.24, 2.45) is 0 Å². The number of amides is 1. The maximum Gasteiger partial charge on any atom is 0.358 e. The number of para-hydroxylation sites is 1. The summed E-state index contributed by atoms with van der Waals surface area (Å²) in [5, 5.41) is 18.4. The zero-order chi connectivity index (χ0) is 15.2. The van der Waals surface area contributed by atoms with Crippen LogP contribution in [0.2, 0.25) is 0 Å². The van der Waals surface area contributed by atoms with Gasteiger partial charge >= 0.3 is 5.97 Å². The highest BCUT2D eigenvalue weighted by atomic mass is 16.5. The topological polar surface area (TPSA) is 106 Å². The monoisotopic (exact) mass is 290 g/mol. The van der Waals surface area contributed by atoms with Crippen LogP contribution in [0.25, 0.3) is 0 Å². The lowest BCUT2D eigenvalue weighted by Crippen LogP contribution is -2.27. The van der Waals surface area contributed by atoms with Gasteiger partial charge < -0.3 is 15.2 Å². The molecule has 0 unspecified atom stereocenters. The minimum atomic E-state index is -1.18. The third-order valence-electron chi connectivity index (χ3n) is 2.73. The molecule has 0 aliphatic heterocycles. The predicted octanol–water partition coefficient (Wildman–Crippen LogP) is 0.301. The first-order chi connectivity index (χ1) is 10.1. The highest BCUT2D eigenvalue weighted by Gasteiger charge is 2.11. The Bertz CT molecular complexity index is 653. The maximum absolute atomic E-state index is 11.8. The SMILES string of the molecule is COc1ccccc1CNC(=O)Cn1cc(C(=O)O)nn1. The van der Waals surface area contributed by atoms with E-state index in [9.17, 15) is 9.59 Å². The summed E-state index contributed by atoms with van der Waals surface area (Å²) >= 11 is 0. The largest absolute Gasteiger partial charge is 0.496 e. The third kappa shape index (κ3) is 3.78. The predicted molar refractivity (Wildman–Crippen MR) is 71.8 cm³/mol. The van der Waals surface area contributed by atoms with Crippen LogP contribution in [-0.2, 0) is 17.9 Å². The number of carbonyl (C=O) groups is 2. The van der Waals surface area contributed by atoms with Crippen LogP contribution in [0.5, 0.6) is 5.75 Å². The van der Waals surface area contributed by atoms with E-state index in [0.29, 0.717) is 12.3 Å². The van der Waals surface area contributed by atoms with Crippen molar-refractivity contribution >= 4 is 11.9 Å². The van der Waals surface area contributed by atoms with Gasteiger partial charge in [0, 0.05) is 12.1 Å². The van der Waals surface area contributed by atoms with Crippen molar-refractivity contribution in [3.63, 3.8) is 0 Å². The fourth-order valence-corrected chi connectivity index (χ4v) is 1.72. The van der Waals surface area contributed by atoms with E-state index in [1.54, 1.807) is 13.2 Å². The molecule has 1 amide bonds. The van der Waals surface area contributed by atoms with Gasteiger partial charge in [-0.3, -0.25) is 4.79 Å². The molecule has 110 valence electrons. The van der Waals surface area contributed by atoms with Crippen LogP contribution in [0.3, 0.4) is 0 Å². The van der Waals surface area contributed by atoms with E-state index in [0.717, 1.165) is 5.56 Å². The average Bonchev–Trinajstić information content (AvgIpc) is 2.94. The Balaban J connectivity index is 1.91. The van der Waals surface area contributed by atoms with Gasteiger partial charge in [-0.25, -0.2) is 9.48 Å². The number of ether oxygens (including phenoxy) is 1. The summed E-state index contributed by atoms with van der Waals surface area (Å²) < 4.78 is 6.35. The highest BCUT2D eigenvalue weighted by molar-refractivity contribution is 5.84. The van der Waals surface area contributed by atoms with E-state index in [4.69, 9.17) is 9.84 Å². The molecule has 2 N–H and O–H groups in total. The molecule has 0 fully saturated rings. The minimum Gasteiger partial charge on any atom is -0.496 e. The first-order valence-electron chi connectivity index (χ1n) is 6.12. The van der Waals surface area contributed by atoms with E-state index in [1.165, 1.54) is 10.9 Å². The number of nitrogens with zero attached hydrogens (tertiary/aromatic N) is 3. The number of aromatic carboxylic acids is 1. The Morgan fingerprint density at radius 2 is 2.14 bits per heavy atom. The van der Waals surface area contributed by atoms with Crippen molar-refractivity contribution in [2.45, 2.75) is 13.1 Å². The van der Waals surface area contributed by atoms with E-state index >= 15 is 0 Å². The molecule has 8 heteroatoms. The molecule has 21 heavy (non-hydrogen) atoms. The molecule has 2 aromatic rings. The first-order valence-corrected chi connectivity index (χ1v) is 6.12. The van der Waals surface area contributed by atoms with Gasteiger partial charge in [0.05, 0.1) is 13.3 Å². The molecule has 0 aliphatic carbocycles. The van der Waals surface area contributed by atoms with Gasteiger partial charge in [0.1, 0.15) is 12.3 Å². The summed E-state index contributed by atoms with van der Waals surface area (Å²) in [5.41, 5.74) is 0.644. The van der Waals surface area contributed by atoms with E-state index < -0.39 is 5.97 Å². The second kappa shape index (κ2) is 6.51. The zero-order valence-corrected chi connectivity index (χ0v) is 11.3. The molecule has 0 bridgehead atoms. The summed E-state index contributed by atoms with van der Waals surface area (Å²) in [5.74, 6) is -0.801. The van der Waals surface area contributed by atoms with Gasteiger partial charge in [0.15, 0.2) is 5.69 Å². The molecule has 0 saturated heterocycles.